The van der Waals surface area contributed by atoms with Crippen LogP contribution in [0.4, 0.5) is 0 Å². The normalized spacial score (nSPS) is 17.0. The molecule has 6 heteroatoms. The van der Waals surface area contributed by atoms with Crippen molar-refractivity contribution in [2.24, 2.45) is 7.05 Å². The van der Waals surface area contributed by atoms with E-state index in [0.29, 0.717) is 6.42 Å². The number of benzene rings is 1. The minimum atomic E-state index is 0.0746. The molecule has 1 aromatic carbocycles. The topological polar surface area (TPSA) is 64.7 Å². The number of para-hydroxylation sites is 1. The minimum Gasteiger partial charge on any atom is -0.351 e. The summed E-state index contributed by atoms with van der Waals surface area (Å²) in [5.41, 5.74) is 2.23. The van der Waals surface area contributed by atoms with Crippen molar-refractivity contribution in [3.05, 3.63) is 47.7 Å². The van der Waals surface area contributed by atoms with Gasteiger partial charge in [0.2, 0.25) is 5.91 Å². The fourth-order valence-corrected chi connectivity index (χ4v) is 3.60. The average Bonchev–Trinajstić information content (AvgIpc) is 3.09. The van der Waals surface area contributed by atoms with E-state index in [1.54, 1.807) is 0 Å². The van der Waals surface area contributed by atoms with Gasteiger partial charge in [-0.3, -0.25) is 4.79 Å². The van der Waals surface area contributed by atoms with Crippen molar-refractivity contribution >= 4 is 16.8 Å². The first kappa shape index (κ1) is 14.9. The highest BCUT2D eigenvalue weighted by atomic mass is 16.1. The van der Waals surface area contributed by atoms with Gasteiger partial charge in [0.1, 0.15) is 11.6 Å². The van der Waals surface area contributed by atoms with Gasteiger partial charge in [0, 0.05) is 43.2 Å². The van der Waals surface area contributed by atoms with Crippen molar-refractivity contribution in [3.63, 3.8) is 0 Å². The number of aromatic nitrogens is 4. The lowest BCUT2D eigenvalue weighted by atomic mass is 10.1. The van der Waals surface area contributed by atoms with Gasteiger partial charge >= 0.3 is 0 Å². The lowest BCUT2D eigenvalue weighted by Crippen LogP contribution is -2.41. The molecule has 1 aliphatic heterocycles. The Morgan fingerprint density at radius 3 is 3.04 bits per heavy atom. The molecule has 2 aromatic heterocycles. The third-order valence-electron chi connectivity index (χ3n) is 4.83. The molecule has 0 aliphatic carbocycles. The highest BCUT2D eigenvalue weighted by Gasteiger charge is 2.23. The summed E-state index contributed by atoms with van der Waals surface area (Å²) >= 11 is 0. The summed E-state index contributed by atoms with van der Waals surface area (Å²) in [5, 5.41) is 12.6. The standard InChI is InChI=1S/C18H21N5O/c1-12-20-21-17-8-7-14(11-23(12)17)19-18(24)9-13-10-22(2)16-6-4-3-5-15(13)16/h3-6,10,14H,7-9,11H2,1-2H3,(H,19,24)/t14-/m1/s1. The minimum absolute atomic E-state index is 0.0746. The molecule has 1 atom stereocenters. The molecule has 0 saturated heterocycles. The van der Waals surface area contributed by atoms with Gasteiger partial charge in [-0.1, -0.05) is 18.2 Å². The van der Waals surface area contributed by atoms with Gasteiger partial charge in [0.15, 0.2) is 0 Å². The van der Waals surface area contributed by atoms with Crippen molar-refractivity contribution in [3.8, 4) is 0 Å². The zero-order chi connectivity index (χ0) is 16.7. The van der Waals surface area contributed by atoms with E-state index in [2.05, 4.69) is 36.8 Å². The van der Waals surface area contributed by atoms with E-state index in [9.17, 15) is 4.79 Å². The third kappa shape index (κ3) is 2.58. The Labute approximate surface area is 140 Å². The van der Waals surface area contributed by atoms with E-state index < -0.39 is 0 Å². The molecule has 3 aromatic rings. The van der Waals surface area contributed by atoms with Crippen LogP contribution in [-0.4, -0.2) is 31.3 Å². The van der Waals surface area contributed by atoms with Crippen molar-refractivity contribution < 1.29 is 4.79 Å². The summed E-state index contributed by atoms with van der Waals surface area (Å²) in [4.78, 5) is 12.5. The van der Waals surface area contributed by atoms with Crippen LogP contribution in [0, 0.1) is 6.92 Å². The highest BCUT2D eigenvalue weighted by Crippen LogP contribution is 2.21. The second-order valence-electron chi connectivity index (χ2n) is 6.54. The summed E-state index contributed by atoms with van der Waals surface area (Å²) in [5.74, 6) is 2.01. The van der Waals surface area contributed by atoms with Gasteiger partial charge in [-0.2, -0.15) is 0 Å². The SMILES string of the molecule is Cc1nnc2n1C[C@H](NC(=O)Cc1cn(C)c3ccccc13)CC2. The maximum atomic E-state index is 12.5. The van der Waals surface area contributed by atoms with E-state index in [1.807, 2.05) is 32.3 Å². The van der Waals surface area contributed by atoms with E-state index in [4.69, 9.17) is 0 Å². The van der Waals surface area contributed by atoms with Crippen LogP contribution in [0.5, 0.6) is 0 Å². The van der Waals surface area contributed by atoms with Crippen LogP contribution in [0.25, 0.3) is 10.9 Å². The first-order valence-electron chi connectivity index (χ1n) is 8.33. The molecular weight excluding hydrogens is 302 g/mol. The Balaban J connectivity index is 1.46. The Morgan fingerprint density at radius 2 is 2.17 bits per heavy atom. The fourth-order valence-electron chi connectivity index (χ4n) is 3.60. The van der Waals surface area contributed by atoms with Crippen LogP contribution >= 0.6 is 0 Å². The summed E-state index contributed by atoms with van der Waals surface area (Å²) < 4.78 is 4.18. The second-order valence-corrected chi connectivity index (χ2v) is 6.54. The fraction of sp³-hybridized carbons (Fsp3) is 0.389. The number of nitrogens with one attached hydrogen (secondary N) is 1. The number of hydrogen-bond acceptors (Lipinski definition) is 3. The molecule has 4 rings (SSSR count). The van der Waals surface area contributed by atoms with E-state index >= 15 is 0 Å². The molecule has 0 unspecified atom stereocenters. The summed E-state index contributed by atoms with van der Waals surface area (Å²) in [6.45, 7) is 2.71. The zero-order valence-electron chi connectivity index (χ0n) is 14.0. The molecule has 1 N–H and O–H groups in total. The Hall–Kier alpha value is -2.63. The molecule has 6 nitrogen and oxygen atoms in total. The van der Waals surface area contributed by atoms with Crippen LogP contribution < -0.4 is 5.32 Å². The van der Waals surface area contributed by atoms with Crippen LogP contribution in [0.1, 0.15) is 23.6 Å². The maximum Gasteiger partial charge on any atom is 0.224 e. The number of nitrogens with zero attached hydrogens (tertiary/aromatic N) is 4. The molecule has 0 bridgehead atoms. The van der Waals surface area contributed by atoms with Crippen molar-refractivity contribution in [1.29, 1.82) is 0 Å². The number of aryl methyl sites for hydroxylation is 3. The molecule has 0 fully saturated rings. The summed E-state index contributed by atoms with van der Waals surface area (Å²) in [6.07, 6.45) is 4.23. The molecule has 1 aliphatic rings. The predicted molar refractivity (Wildman–Crippen MR) is 91.6 cm³/mol. The van der Waals surface area contributed by atoms with Gasteiger partial charge in [-0.05, 0) is 25.0 Å². The van der Waals surface area contributed by atoms with E-state index in [-0.39, 0.29) is 11.9 Å². The largest absolute Gasteiger partial charge is 0.351 e. The van der Waals surface area contributed by atoms with Crippen LogP contribution in [0.15, 0.2) is 30.5 Å². The van der Waals surface area contributed by atoms with E-state index in [1.165, 1.54) is 0 Å². The van der Waals surface area contributed by atoms with Crippen molar-refractivity contribution in [2.45, 2.75) is 38.8 Å². The molecule has 24 heavy (non-hydrogen) atoms. The van der Waals surface area contributed by atoms with Gasteiger partial charge in [-0.25, -0.2) is 0 Å². The van der Waals surface area contributed by atoms with Gasteiger partial charge in [0.05, 0.1) is 6.42 Å². The van der Waals surface area contributed by atoms with Crippen LogP contribution in [0.3, 0.4) is 0 Å². The van der Waals surface area contributed by atoms with E-state index in [0.717, 1.165) is 47.5 Å². The number of carbonyl (C=O) groups excluding carboxylic acids is 1. The monoisotopic (exact) mass is 323 g/mol. The first-order chi connectivity index (χ1) is 11.6. The molecular formula is C18H21N5O. The predicted octanol–water partition coefficient (Wildman–Crippen LogP) is 1.75. The van der Waals surface area contributed by atoms with Gasteiger partial charge in [0.25, 0.3) is 0 Å². The Bertz CT molecular complexity index is 907. The molecule has 0 radical (unpaired) electrons. The maximum absolute atomic E-state index is 12.5. The number of amides is 1. The smallest absolute Gasteiger partial charge is 0.224 e. The number of rotatable bonds is 3. The number of carbonyl (C=O) groups is 1. The van der Waals surface area contributed by atoms with Gasteiger partial charge in [-0.15, -0.1) is 10.2 Å². The molecule has 124 valence electrons. The molecule has 0 saturated carbocycles. The average molecular weight is 323 g/mol. The first-order valence-corrected chi connectivity index (χ1v) is 8.33. The zero-order valence-corrected chi connectivity index (χ0v) is 14.0. The molecule has 1 amide bonds. The second kappa shape index (κ2) is 5.78. The quantitative estimate of drug-likeness (QED) is 0.799. The molecule has 3 heterocycles. The number of fused-ring (bicyclic) bond motifs is 2. The molecule has 0 spiro atoms. The highest BCUT2D eigenvalue weighted by molar-refractivity contribution is 5.89. The third-order valence-corrected chi connectivity index (χ3v) is 4.83. The van der Waals surface area contributed by atoms with Crippen molar-refractivity contribution in [2.75, 3.05) is 0 Å². The Morgan fingerprint density at radius 1 is 1.33 bits per heavy atom. The van der Waals surface area contributed by atoms with Crippen LogP contribution in [0.2, 0.25) is 0 Å². The lowest BCUT2D eigenvalue weighted by Gasteiger charge is -2.24. The summed E-state index contributed by atoms with van der Waals surface area (Å²) in [6, 6.07) is 8.34. The number of hydrogen-bond donors (Lipinski definition) is 1. The lowest BCUT2D eigenvalue weighted by molar-refractivity contribution is -0.121. The summed E-state index contributed by atoms with van der Waals surface area (Å²) in [7, 11) is 2.02. The van der Waals surface area contributed by atoms with Crippen molar-refractivity contribution in [1.82, 2.24) is 24.6 Å². The van der Waals surface area contributed by atoms with Gasteiger partial charge < -0.3 is 14.5 Å². The van der Waals surface area contributed by atoms with Crippen LogP contribution in [-0.2, 0) is 31.2 Å². The Kier molecular flexibility index (Phi) is 3.59.